The summed E-state index contributed by atoms with van der Waals surface area (Å²) in [6.07, 6.45) is 15.7. The maximum Gasteiger partial charge on any atom is 0.162 e. The van der Waals surface area contributed by atoms with Gasteiger partial charge >= 0.3 is 0 Å². The van der Waals surface area contributed by atoms with Crippen LogP contribution in [0.3, 0.4) is 0 Å². The van der Waals surface area contributed by atoms with E-state index in [2.05, 4.69) is 6.92 Å². The molecule has 1 aromatic rings. The molecule has 0 aliphatic heterocycles. The van der Waals surface area contributed by atoms with Gasteiger partial charge in [-0.1, -0.05) is 70.4 Å². The second-order valence-electron chi connectivity index (χ2n) is 8.61. The van der Waals surface area contributed by atoms with Gasteiger partial charge in [0.25, 0.3) is 0 Å². The highest BCUT2D eigenvalue weighted by Crippen LogP contribution is 2.40. The minimum Gasteiger partial charge on any atom is -0.204 e. The average molecular weight is 349 g/mol. The van der Waals surface area contributed by atoms with Crippen molar-refractivity contribution in [2.75, 3.05) is 0 Å². The van der Waals surface area contributed by atoms with Crippen molar-refractivity contribution in [1.82, 2.24) is 0 Å². The van der Waals surface area contributed by atoms with Crippen LogP contribution in [-0.4, -0.2) is 0 Å². The molecule has 3 rings (SSSR count). The van der Waals surface area contributed by atoms with Crippen molar-refractivity contribution in [2.24, 2.45) is 17.8 Å². The van der Waals surface area contributed by atoms with Crippen molar-refractivity contribution in [3.05, 3.63) is 35.4 Å². The summed E-state index contributed by atoms with van der Waals surface area (Å²) >= 11 is 0. The molecule has 25 heavy (non-hydrogen) atoms. The first-order valence-corrected chi connectivity index (χ1v) is 10.6. The number of rotatable bonds is 6. The third-order valence-electron chi connectivity index (χ3n) is 6.91. The Morgan fingerprint density at radius 1 is 0.760 bits per heavy atom. The van der Waals surface area contributed by atoms with Crippen LogP contribution in [0, 0.1) is 29.4 Å². The highest BCUT2D eigenvalue weighted by molar-refractivity contribution is 5.23. The molecule has 0 saturated heterocycles. The first-order chi connectivity index (χ1) is 12.2. The number of halogens is 2. The lowest BCUT2D eigenvalue weighted by Gasteiger charge is -2.32. The van der Waals surface area contributed by atoms with Gasteiger partial charge in [0.15, 0.2) is 11.6 Å². The first-order valence-electron chi connectivity index (χ1n) is 10.6. The zero-order valence-electron chi connectivity index (χ0n) is 15.8. The molecule has 2 fully saturated rings. The molecule has 0 bridgehead atoms. The fraction of sp³-hybridized carbons (Fsp3) is 0.739. The van der Waals surface area contributed by atoms with E-state index in [0.29, 0.717) is 5.56 Å². The molecule has 0 heterocycles. The molecule has 0 amide bonds. The largest absolute Gasteiger partial charge is 0.204 e. The van der Waals surface area contributed by atoms with E-state index in [1.54, 1.807) is 12.1 Å². The number of hydrogen-bond acceptors (Lipinski definition) is 0. The molecule has 2 aliphatic carbocycles. The van der Waals surface area contributed by atoms with Crippen molar-refractivity contribution in [1.29, 1.82) is 0 Å². The van der Waals surface area contributed by atoms with Crippen LogP contribution in [0.1, 0.15) is 95.5 Å². The Morgan fingerprint density at radius 3 is 1.84 bits per heavy atom. The van der Waals surface area contributed by atoms with Crippen molar-refractivity contribution < 1.29 is 8.78 Å². The summed E-state index contributed by atoms with van der Waals surface area (Å²) in [5.74, 6) is 1.66. The standard InChI is InChI=1S/C23H34F2/c1-2-4-17-7-9-18(10-8-17)11-12-19-13-15-20(16-14-19)21-5-3-6-22(24)23(21)25/h3,5-6,17-20H,2,4,7-16H2,1H3. The maximum atomic E-state index is 14.0. The van der Waals surface area contributed by atoms with E-state index in [1.807, 2.05) is 0 Å². The number of hydrogen-bond donors (Lipinski definition) is 0. The molecule has 2 heteroatoms. The monoisotopic (exact) mass is 348 g/mol. The van der Waals surface area contributed by atoms with E-state index in [1.165, 1.54) is 70.3 Å². The van der Waals surface area contributed by atoms with Crippen LogP contribution in [0.2, 0.25) is 0 Å². The van der Waals surface area contributed by atoms with Crippen molar-refractivity contribution in [3.63, 3.8) is 0 Å². The molecular formula is C23H34F2. The lowest BCUT2D eigenvalue weighted by atomic mass is 9.74. The summed E-state index contributed by atoms with van der Waals surface area (Å²) in [6, 6.07) is 4.65. The Morgan fingerprint density at radius 2 is 1.28 bits per heavy atom. The van der Waals surface area contributed by atoms with Gasteiger partial charge in [-0.15, -0.1) is 0 Å². The highest BCUT2D eigenvalue weighted by atomic mass is 19.2. The summed E-state index contributed by atoms with van der Waals surface area (Å²) in [4.78, 5) is 0. The van der Waals surface area contributed by atoms with Gasteiger partial charge in [-0.25, -0.2) is 8.78 Å². The zero-order chi connectivity index (χ0) is 17.6. The fourth-order valence-corrected chi connectivity index (χ4v) is 5.29. The summed E-state index contributed by atoms with van der Waals surface area (Å²) in [5, 5.41) is 0. The van der Waals surface area contributed by atoms with Crippen LogP contribution in [-0.2, 0) is 0 Å². The molecule has 2 aliphatic rings. The minimum atomic E-state index is -0.696. The molecule has 0 aromatic heterocycles. The van der Waals surface area contributed by atoms with Gasteiger partial charge in [0.2, 0.25) is 0 Å². The van der Waals surface area contributed by atoms with Gasteiger partial charge in [-0.05, 0) is 61.0 Å². The van der Waals surface area contributed by atoms with Gasteiger partial charge in [0.05, 0.1) is 0 Å². The van der Waals surface area contributed by atoms with E-state index in [9.17, 15) is 8.78 Å². The lowest BCUT2D eigenvalue weighted by Crippen LogP contribution is -2.18. The van der Waals surface area contributed by atoms with E-state index in [0.717, 1.165) is 30.6 Å². The Bertz CT molecular complexity index is 523. The summed E-state index contributed by atoms with van der Waals surface area (Å²) in [5.41, 5.74) is 0.604. The molecule has 1 aromatic carbocycles. The Kier molecular flexibility index (Phi) is 6.90. The second-order valence-corrected chi connectivity index (χ2v) is 8.61. The molecule has 0 nitrogen and oxygen atoms in total. The predicted molar refractivity (Wildman–Crippen MR) is 101 cm³/mol. The molecular weight excluding hydrogens is 314 g/mol. The van der Waals surface area contributed by atoms with Crippen LogP contribution in [0.4, 0.5) is 8.78 Å². The van der Waals surface area contributed by atoms with Gasteiger partial charge in [0, 0.05) is 0 Å². The van der Waals surface area contributed by atoms with E-state index in [-0.39, 0.29) is 5.92 Å². The zero-order valence-corrected chi connectivity index (χ0v) is 15.8. The Balaban J connectivity index is 1.39. The van der Waals surface area contributed by atoms with E-state index >= 15 is 0 Å². The molecule has 2 saturated carbocycles. The van der Waals surface area contributed by atoms with Crippen LogP contribution in [0.5, 0.6) is 0 Å². The third kappa shape index (κ3) is 5.05. The summed E-state index contributed by atoms with van der Waals surface area (Å²) in [7, 11) is 0. The Labute approximate surface area is 152 Å². The SMILES string of the molecule is CCCC1CCC(CCC2CCC(c3cccc(F)c3F)CC2)CC1. The molecule has 0 spiro atoms. The van der Waals surface area contributed by atoms with Gasteiger partial charge in [-0.2, -0.15) is 0 Å². The molecule has 140 valence electrons. The van der Waals surface area contributed by atoms with Crippen molar-refractivity contribution >= 4 is 0 Å². The fourth-order valence-electron chi connectivity index (χ4n) is 5.29. The molecule has 0 N–H and O–H groups in total. The first kappa shape index (κ1) is 18.9. The average Bonchev–Trinajstić information content (AvgIpc) is 2.64. The van der Waals surface area contributed by atoms with Gasteiger partial charge < -0.3 is 0 Å². The lowest BCUT2D eigenvalue weighted by molar-refractivity contribution is 0.223. The summed E-state index contributed by atoms with van der Waals surface area (Å²) in [6.45, 7) is 2.30. The topological polar surface area (TPSA) is 0 Å². The van der Waals surface area contributed by atoms with Gasteiger partial charge in [-0.3, -0.25) is 0 Å². The van der Waals surface area contributed by atoms with Crippen molar-refractivity contribution in [2.45, 2.75) is 89.9 Å². The highest BCUT2D eigenvalue weighted by Gasteiger charge is 2.26. The molecule has 0 atom stereocenters. The van der Waals surface area contributed by atoms with Crippen LogP contribution >= 0.6 is 0 Å². The quantitative estimate of drug-likeness (QED) is 0.496. The van der Waals surface area contributed by atoms with Crippen LogP contribution < -0.4 is 0 Å². The number of benzene rings is 1. The van der Waals surface area contributed by atoms with E-state index < -0.39 is 11.6 Å². The van der Waals surface area contributed by atoms with E-state index in [4.69, 9.17) is 0 Å². The molecule has 0 unspecified atom stereocenters. The normalized spacial score (nSPS) is 30.4. The smallest absolute Gasteiger partial charge is 0.162 e. The predicted octanol–water partition coefficient (Wildman–Crippen LogP) is 7.63. The second kappa shape index (κ2) is 9.14. The minimum absolute atomic E-state index is 0.219. The van der Waals surface area contributed by atoms with Crippen molar-refractivity contribution in [3.8, 4) is 0 Å². The Hall–Kier alpha value is -0.920. The maximum absolute atomic E-state index is 14.0. The third-order valence-corrected chi connectivity index (χ3v) is 6.91. The van der Waals surface area contributed by atoms with Crippen LogP contribution in [0.25, 0.3) is 0 Å². The van der Waals surface area contributed by atoms with Crippen LogP contribution in [0.15, 0.2) is 18.2 Å². The van der Waals surface area contributed by atoms with Gasteiger partial charge in [0.1, 0.15) is 0 Å². The molecule has 0 radical (unpaired) electrons. The summed E-state index contributed by atoms with van der Waals surface area (Å²) < 4.78 is 27.4.